The van der Waals surface area contributed by atoms with Crippen LogP contribution in [0, 0.1) is 0 Å². The van der Waals surface area contributed by atoms with Crippen LogP contribution in [-0.2, 0) is 5.41 Å². The summed E-state index contributed by atoms with van der Waals surface area (Å²) in [4.78, 5) is 3.66. The zero-order valence-electron chi connectivity index (χ0n) is 25.1. The quantitative estimate of drug-likeness (QED) is 0.295. The van der Waals surface area contributed by atoms with Crippen molar-refractivity contribution in [2.45, 2.75) is 18.8 Å². The summed E-state index contributed by atoms with van der Waals surface area (Å²) in [6.45, 7) is 2.02. The van der Waals surface area contributed by atoms with Gasteiger partial charge in [-0.3, -0.25) is 0 Å². The summed E-state index contributed by atoms with van der Waals surface area (Å²) < 4.78 is 0. The predicted octanol–water partition coefficient (Wildman–Crippen LogP) is 11.0. The minimum atomic E-state index is -0.299. The molecule has 0 saturated carbocycles. The van der Waals surface area contributed by atoms with Crippen LogP contribution >= 0.6 is 0 Å². The van der Waals surface area contributed by atoms with Crippen molar-refractivity contribution in [3.8, 4) is 0 Å². The Labute approximate surface area is 261 Å². The van der Waals surface area contributed by atoms with E-state index in [0.717, 1.165) is 17.6 Å². The van der Waals surface area contributed by atoms with E-state index in [1.807, 2.05) is 31.2 Å². The number of hydrogen-bond donors (Lipinski definition) is 1. The lowest BCUT2D eigenvalue weighted by atomic mass is 9.69. The first-order chi connectivity index (χ1) is 21.8. The molecule has 1 unspecified atom stereocenters. The molecule has 1 heterocycles. The van der Waals surface area contributed by atoms with Gasteiger partial charge in [0.2, 0.25) is 0 Å². The van der Waals surface area contributed by atoms with Crippen molar-refractivity contribution in [3.05, 3.63) is 221 Å². The Bertz CT molecular complexity index is 1860. The third-order valence-electron chi connectivity index (χ3n) is 8.29. The van der Waals surface area contributed by atoms with E-state index in [0.29, 0.717) is 0 Å². The van der Waals surface area contributed by atoms with Gasteiger partial charge in [0.05, 0.1) is 5.41 Å². The Kier molecular flexibility index (Phi) is 8.95. The molecule has 0 radical (unpaired) electrons. The molecule has 1 aromatic heterocycles. The Morgan fingerprint density at radius 3 is 2.39 bits per heavy atom. The lowest BCUT2D eigenvalue weighted by molar-refractivity contribution is 0.619. The number of allylic oxidation sites excluding steroid dienone is 23. The van der Waals surface area contributed by atoms with Crippen LogP contribution in [0.3, 0.4) is 0 Å². The summed E-state index contributed by atoms with van der Waals surface area (Å²) in [6, 6.07) is 21.6. The van der Waals surface area contributed by atoms with Crippen LogP contribution in [0.5, 0.6) is 0 Å². The zero-order valence-corrected chi connectivity index (χ0v) is 25.1. The van der Waals surface area contributed by atoms with E-state index in [-0.39, 0.29) is 5.41 Å². The fraction of sp³-hybridized carbons (Fsp3) is 0.0698. The highest BCUT2D eigenvalue weighted by atomic mass is 14.7. The van der Waals surface area contributed by atoms with Crippen LogP contribution in [0.4, 0.5) is 0 Å². The molecular weight excluding hydrogens is 530 g/mol. The number of benzene rings is 2. The molecule has 3 aliphatic carbocycles. The van der Waals surface area contributed by atoms with E-state index >= 15 is 0 Å². The van der Waals surface area contributed by atoms with E-state index in [1.54, 1.807) is 0 Å². The molecule has 214 valence electrons. The number of aromatic nitrogens is 1. The summed E-state index contributed by atoms with van der Waals surface area (Å²) in [5, 5.41) is 0. The van der Waals surface area contributed by atoms with E-state index in [2.05, 4.69) is 169 Å². The highest BCUT2D eigenvalue weighted by Crippen LogP contribution is 2.54. The third kappa shape index (κ3) is 5.78. The largest absolute Gasteiger partial charge is 0.363 e. The molecule has 3 aromatic rings. The Morgan fingerprint density at radius 2 is 1.48 bits per heavy atom. The average Bonchev–Trinajstić information content (AvgIpc) is 3.61. The number of nitrogens with one attached hydrogen (secondary N) is 1. The molecular formula is C43H37N. The highest BCUT2D eigenvalue weighted by molar-refractivity contribution is 5.90. The second kappa shape index (κ2) is 13.7. The maximum absolute atomic E-state index is 3.66. The molecule has 1 atom stereocenters. The van der Waals surface area contributed by atoms with Gasteiger partial charge in [-0.15, -0.1) is 0 Å². The van der Waals surface area contributed by atoms with Crippen molar-refractivity contribution < 1.29 is 0 Å². The van der Waals surface area contributed by atoms with Crippen molar-refractivity contribution in [3.63, 3.8) is 0 Å². The summed E-state index contributed by atoms with van der Waals surface area (Å²) in [6.07, 6.45) is 46.1. The van der Waals surface area contributed by atoms with Crippen molar-refractivity contribution >= 4 is 17.2 Å². The van der Waals surface area contributed by atoms with Gasteiger partial charge >= 0.3 is 0 Å². The van der Waals surface area contributed by atoms with E-state index in [1.165, 1.54) is 39.1 Å². The Morgan fingerprint density at radius 1 is 0.705 bits per heavy atom. The minimum Gasteiger partial charge on any atom is -0.363 e. The van der Waals surface area contributed by atoms with Crippen LogP contribution in [0.2, 0.25) is 0 Å². The van der Waals surface area contributed by atoms with Crippen LogP contribution in [0.15, 0.2) is 193 Å². The third-order valence-corrected chi connectivity index (χ3v) is 8.29. The van der Waals surface area contributed by atoms with Crippen molar-refractivity contribution in [1.29, 1.82) is 0 Å². The van der Waals surface area contributed by atoms with Gasteiger partial charge in [-0.05, 0) is 58.4 Å². The molecule has 0 bridgehead atoms. The molecule has 1 spiro atoms. The van der Waals surface area contributed by atoms with Crippen LogP contribution in [-0.4, -0.2) is 4.98 Å². The van der Waals surface area contributed by atoms with Gasteiger partial charge < -0.3 is 4.98 Å². The smallest absolute Gasteiger partial charge is 0.0654 e. The lowest BCUT2D eigenvalue weighted by Gasteiger charge is -2.34. The molecule has 0 saturated heterocycles. The lowest BCUT2D eigenvalue weighted by Crippen LogP contribution is -2.29. The normalized spacial score (nSPS) is 25.3. The summed E-state index contributed by atoms with van der Waals surface area (Å²) in [5.74, 6) is 0. The zero-order chi connectivity index (χ0) is 30.0. The Balaban J connectivity index is 1.43. The SMILES string of the molecule is C\C=C\C=C/C=C\C=C(C1=C/C=C/C=C/C2=C(\C=C/C=C\1)c1cc[nH]c1C21C/C=C\C=C/c2ccccc21)\c1ccccc1. The maximum Gasteiger partial charge on any atom is 0.0654 e. The summed E-state index contributed by atoms with van der Waals surface area (Å²) >= 11 is 0. The molecule has 2 aromatic carbocycles. The van der Waals surface area contributed by atoms with Crippen molar-refractivity contribution in [1.82, 2.24) is 4.98 Å². The molecule has 0 fully saturated rings. The predicted molar refractivity (Wildman–Crippen MR) is 190 cm³/mol. The molecule has 0 amide bonds. The fourth-order valence-corrected chi connectivity index (χ4v) is 6.34. The van der Waals surface area contributed by atoms with E-state index in [4.69, 9.17) is 0 Å². The first kappa shape index (κ1) is 28.7. The molecule has 1 nitrogen and oxygen atoms in total. The van der Waals surface area contributed by atoms with Crippen LogP contribution in [0.25, 0.3) is 17.2 Å². The van der Waals surface area contributed by atoms with Crippen molar-refractivity contribution in [2.75, 3.05) is 0 Å². The molecule has 44 heavy (non-hydrogen) atoms. The molecule has 1 heteroatoms. The molecule has 0 aliphatic heterocycles. The topological polar surface area (TPSA) is 15.8 Å². The first-order valence-corrected chi connectivity index (χ1v) is 15.3. The fourth-order valence-electron chi connectivity index (χ4n) is 6.34. The van der Waals surface area contributed by atoms with Gasteiger partial charge in [0.1, 0.15) is 0 Å². The highest BCUT2D eigenvalue weighted by Gasteiger charge is 2.46. The summed E-state index contributed by atoms with van der Waals surface area (Å²) in [5.41, 5.74) is 10.8. The van der Waals surface area contributed by atoms with E-state index < -0.39 is 0 Å². The monoisotopic (exact) mass is 567 g/mol. The molecule has 6 rings (SSSR count). The summed E-state index contributed by atoms with van der Waals surface area (Å²) in [7, 11) is 0. The second-order valence-electron chi connectivity index (χ2n) is 10.9. The molecule has 3 aliphatic rings. The van der Waals surface area contributed by atoms with Gasteiger partial charge in [0.25, 0.3) is 0 Å². The first-order valence-electron chi connectivity index (χ1n) is 15.3. The average molecular weight is 568 g/mol. The van der Waals surface area contributed by atoms with Crippen molar-refractivity contribution in [2.24, 2.45) is 0 Å². The van der Waals surface area contributed by atoms with Gasteiger partial charge in [0, 0.05) is 17.5 Å². The Hall–Kier alpha value is -5.40. The second-order valence-corrected chi connectivity index (χ2v) is 10.9. The number of hydrogen-bond acceptors (Lipinski definition) is 0. The minimum absolute atomic E-state index is 0.299. The number of H-pyrrole nitrogens is 1. The van der Waals surface area contributed by atoms with Gasteiger partial charge in [0.15, 0.2) is 0 Å². The van der Waals surface area contributed by atoms with Gasteiger partial charge in [-0.1, -0.05) is 176 Å². The van der Waals surface area contributed by atoms with Crippen LogP contribution < -0.4 is 0 Å². The standard InChI is InChI=1S/C43H37N/c1-2-3-4-5-6-14-27-37(34-21-10-7-11-22-34)35-23-12-8-15-30-41-38(28-18-16-24-35)39-31-33-44-42(39)43(41)32-20-9-13-25-36-26-17-19-29-40(36)43/h2-31,33,44H,32H2,1H3/b3-2+,5-4-,12-8+,14-6-,15-8?,18-16?,20-9-,23-12?,24-16-,25-13-,28-18-,30-15+,35-23+,35-24?,37-27-,38-28?,41-30?. The number of rotatable bonds is 5. The van der Waals surface area contributed by atoms with Gasteiger partial charge in [-0.25, -0.2) is 0 Å². The molecule has 1 N–H and O–H groups in total. The van der Waals surface area contributed by atoms with Gasteiger partial charge in [-0.2, -0.15) is 0 Å². The number of fused-ring (bicyclic) bond motifs is 6. The number of aromatic amines is 1. The van der Waals surface area contributed by atoms with Crippen LogP contribution in [0.1, 0.15) is 41.3 Å². The maximum atomic E-state index is 3.66. The van der Waals surface area contributed by atoms with E-state index in [9.17, 15) is 0 Å².